The van der Waals surface area contributed by atoms with Crippen molar-refractivity contribution in [1.29, 1.82) is 0 Å². The van der Waals surface area contributed by atoms with Gasteiger partial charge in [-0.05, 0) is 18.4 Å². The topological polar surface area (TPSA) is 128 Å². The first-order valence-electron chi connectivity index (χ1n) is 7.49. The Bertz CT molecular complexity index is 667. The van der Waals surface area contributed by atoms with E-state index in [1.165, 1.54) is 11.4 Å². The third kappa shape index (κ3) is 7.27. The summed E-state index contributed by atoms with van der Waals surface area (Å²) in [5.41, 5.74) is 10.9. The van der Waals surface area contributed by atoms with Crippen molar-refractivity contribution in [3.63, 3.8) is 0 Å². The van der Waals surface area contributed by atoms with Crippen LogP contribution in [0.3, 0.4) is 0 Å². The summed E-state index contributed by atoms with van der Waals surface area (Å²) in [6.07, 6.45) is 0.396. The largest absolute Gasteiger partial charge is 0.322 e. The Morgan fingerprint density at radius 1 is 1.42 bits per heavy atom. The molecule has 0 saturated heterocycles. The zero-order chi connectivity index (χ0) is 18.9. The van der Waals surface area contributed by atoms with Crippen LogP contribution in [0.5, 0.6) is 0 Å². The molecule has 138 valence electrons. The molecule has 0 aliphatic carbocycles. The van der Waals surface area contributed by atoms with Crippen molar-refractivity contribution in [2.24, 2.45) is 21.7 Å². The lowest BCUT2D eigenvalue weighted by atomic mass is 10.0. The van der Waals surface area contributed by atoms with Gasteiger partial charge in [0.15, 0.2) is 9.92 Å². The highest BCUT2D eigenvalue weighted by Gasteiger charge is 2.22. The molecule has 0 aromatic carbocycles. The number of thiophene rings is 1. The van der Waals surface area contributed by atoms with Crippen LogP contribution >= 0.6 is 22.9 Å². The summed E-state index contributed by atoms with van der Waals surface area (Å²) in [5, 5.41) is 1.46. The molecule has 0 aliphatic heterocycles. The zero-order valence-electron chi connectivity index (χ0n) is 14.2. The second-order valence-corrected chi connectivity index (χ2v) is 8.46. The fourth-order valence-corrected chi connectivity index (χ4v) is 4.45. The average Bonchev–Trinajstić information content (AvgIpc) is 2.95. The lowest BCUT2D eigenvalue weighted by Gasteiger charge is -2.13. The van der Waals surface area contributed by atoms with Gasteiger partial charge in [0, 0.05) is 5.38 Å². The van der Waals surface area contributed by atoms with Crippen LogP contribution in [0.2, 0.25) is 4.34 Å². The van der Waals surface area contributed by atoms with Gasteiger partial charge >= 0.3 is 0 Å². The molecule has 10 heteroatoms. The van der Waals surface area contributed by atoms with Gasteiger partial charge in [-0.2, -0.15) is 0 Å². The number of hydrogen-bond acceptors (Lipinski definition) is 6. The van der Waals surface area contributed by atoms with E-state index in [1.807, 2.05) is 27.7 Å². The monoisotopic (exact) mass is 396 g/mol. The third-order valence-electron chi connectivity index (χ3n) is 2.56. The minimum absolute atomic E-state index is 0.148. The summed E-state index contributed by atoms with van der Waals surface area (Å²) in [6.45, 7) is 7.43. The van der Waals surface area contributed by atoms with Crippen molar-refractivity contribution in [2.75, 3.05) is 6.54 Å². The second kappa shape index (κ2) is 10.8. The van der Waals surface area contributed by atoms with Crippen LogP contribution in [0.4, 0.5) is 0 Å². The summed E-state index contributed by atoms with van der Waals surface area (Å²) in [7, 11) is -3.50. The number of rotatable bonds is 6. The van der Waals surface area contributed by atoms with Gasteiger partial charge in [-0.1, -0.05) is 39.3 Å². The predicted molar refractivity (Wildman–Crippen MR) is 99.1 cm³/mol. The normalized spacial score (nSPS) is 14.2. The van der Waals surface area contributed by atoms with Crippen LogP contribution in [-0.4, -0.2) is 28.6 Å². The van der Waals surface area contributed by atoms with Crippen molar-refractivity contribution in [3.05, 3.63) is 15.8 Å². The molecule has 1 heterocycles. The van der Waals surface area contributed by atoms with Gasteiger partial charge in [0.1, 0.15) is 0 Å². The van der Waals surface area contributed by atoms with E-state index in [0.717, 1.165) is 11.3 Å². The third-order valence-corrected chi connectivity index (χ3v) is 5.62. The van der Waals surface area contributed by atoms with Crippen LogP contribution < -0.4 is 16.2 Å². The van der Waals surface area contributed by atoms with Crippen molar-refractivity contribution in [2.45, 2.75) is 45.1 Å². The van der Waals surface area contributed by atoms with E-state index >= 15 is 0 Å². The summed E-state index contributed by atoms with van der Waals surface area (Å²) in [6, 6.07) is 0.500. The Balaban J connectivity index is 0.00000254. The molecule has 5 N–H and O–H groups in total. The zero-order valence-corrected chi connectivity index (χ0v) is 16.6. The molecule has 0 radical (unpaired) electrons. The highest BCUT2D eigenvalue weighted by Crippen LogP contribution is 2.24. The average molecular weight is 397 g/mol. The summed E-state index contributed by atoms with van der Waals surface area (Å²) < 4.78 is 19.1. The molecule has 2 amide bonds. The Hall–Kier alpha value is -1.00. The summed E-state index contributed by atoms with van der Waals surface area (Å²) in [5.74, 6) is -1.25. The van der Waals surface area contributed by atoms with Crippen molar-refractivity contribution in [3.8, 4) is 0 Å². The predicted octanol–water partition coefficient (Wildman–Crippen LogP) is 2.14. The molecule has 1 unspecified atom stereocenters. The number of amides is 2. The molecule has 1 aromatic heterocycles. The van der Waals surface area contributed by atoms with Gasteiger partial charge in [0.05, 0.1) is 21.8 Å². The van der Waals surface area contributed by atoms with Crippen molar-refractivity contribution >= 4 is 44.7 Å². The first-order chi connectivity index (χ1) is 11.2. The number of nitrogens with one attached hydrogen (secondary N) is 1. The summed E-state index contributed by atoms with van der Waals surface area (Å²) in [4.78, 5) is 23.7. The van der Waals surface area contributed by atoms with E-state index < -0.39 is 27.8 Å². The smallest absolute Gasteiger partial charge is 0.272 e. The maximum Gasteiger partial charge on any atom is 0.272 e. The van der Waals surface area contributed by atoms with Gasteiger partial charge < -0.3 is 11.5 Å². The van der Waals surface area contributed by atoms with Crippen LogP contribution in [0, 0.1) is 5.92 Å². The molecule has 0 spiro atoms. The fourth-order valence-electron chi connectivity index (χ4n) is 1.57. The quantitative estimate of drug-likeness (QED) is 0.678. The van der Waals surface area contributed by atoms with E-state index in [-0.39, 0.29) is 17.4 Å². The molecular weight excluding hydrogens is 372 g/mol. The molecule has 0 saturated carbocycles. The molecule has 0 aliphatic rings. The Morgan fingerprint density at radius 2 is 2.00 bits per heavy atom. The lowest BCUT2D eigenvalue weighted by molar-refractivity contribution is -0.119. The van der Waals surface area contributed by atoms with E-state index in [0.29, 0.717) is 10.8 Å². The molecule has 1 aromatic rings. The van der Waals surface area contributed by atoms with E-state index in [9.17, 15) is 13.8 Å². The lowest BCUT2D eigenvalue weighted by Crippen LogP contribution is -2.37. The van der Waals surface area contributed by atoms with Gasteiger partial charge in [-0.15, -0.1) is 15.7 Å². The van der Waals surface area contributed by atoms with Gasteiger partial charge in [-0.3, -0.25) is 14.3 Å². The number of halogens is 1. The standard InChI is InChI=1S/C12H19ClN4O3S2.C2H6/c1-7(2)3-9(15)12(19)17-22(20,16-11(18)5-14)8-4-10(13)21-6-8;1-2/h4,6-7,9H,3,5,14-15H2,1-2H3,(H,16,17,18,19,20);1-2H3/t9-,22?;/m0./s1. The first-order valence-corrected chi connectivity index (χ1v) is 10.3. The maximum absolute atomic E-state index is 12.9. The molecule has 1 rings (SSSR count). The van der Waals surface area contributed by atoms with Crippen molar-refractivity contribution < 1.29 is 13.8 Å². The van der Waals surface area contributed by atoms with Gasteiger partial charge in [-0.25, -0.2) is 4.21 Å². The van der Waals surface area contributed by atoms with Crippen molar-refractivity contribution in [1.82, 2.24) is 4.72 Å². The Kier molecular flexibility index (Phi) is 10.3. The molecule has 0 bridgehead atoms. The number of nitrogens with zero attached hydrogens (tertiary/aromatic N) is 1. The van der Waals surface area contributed by atoms with Crippen LogP contribution in [-0.2, 0) is 19.5 Å². The molecular formula is C14H25ClN4O3S2. The Morgan fingerprint density at radius 3 is 2.42 bits per heavy atom. The molecule has 0 fully saturated rings. The Labute approximate surface area is 152 Å². The minimum Gasteiger partial charge on any atom is -0.322 e. The molecule has 24 heavy (non-hydrogen) atoms. The summed E-state index contributed by atoms with van der Waals surface area (Å²) >= 11 is 6.92. The highest BCUT2D eigenvalue weighted by molar-refractivity contribution is 7.92. The fraction of sp³-hybridized carbons (Fsp3) is 0.571. The highest BCUT2D eigenvalue weighted by atomic mass is 35.5. The molecule has 7 nitrogen and oxygen atoms in total. The SMILES string of the molecule is CC.CC(C)C[C@H](N)C(=O)N=S(=O)(NC(=O)CN)c1csc(Cl)c1. The second-order valence-electron chi connectivity index (χ2n) is 5.01. The maximum atomic E-state index is 12.9. The van der Waals surface area contributed by atoms with Gasteiger partial charge in [0.25, 0.3) is 5.91 Å². The number of carbonyl (C=O) groups is 2. The molecule has 2 atom stereocenters. The number of hydrogen-bond donors (Lipinski definition) is 3. The van der Waals surface area contributed by atoms with Crippen LogP contribution in [0.1, 0.15) is 34.1 Å². The van der Waals surface area contributed by atoms with Crippen LogP contribution in [0.15, 0.2) is 20.7 Å². The number of nitrogens with two attached hydrogens (primary N) is 2. The van der Waals surface area contributed by atoms with Crippen LogP contribution in [0.25, 0.3) is 0 Å². The van der Waals surface area contributed by atoms with Gasteiger partial charge in [0.2, 0.25) is 5.91 Å². The first kappa shape index (κ1) is 23.0. The van der Waals surface area contributed by atoms with E-state index in [4.69, 9.17) is 23.1 Å². The minimum atomic E-state index is -3.50. The van der Waals surface area contributed by atoms with E-state index in [1.54, 1.807) is 0 Å². The number of carbonyl (C=O) groups excluding carboxylic acids is 2. The van der Waals surface area contributed by atoms with E-state index in [2.05, 4.69) is 9.08 Å².